The number of hydrogen-bond donors (Lipinski definition) is 1. The van der Waals surface area contributed by atoms with E-state index in [0.717, 1.165) is 29.5 Å². The van der Waals surface area contributed by atoms with Crippen LogP contribution in [0.1, 0.15) is 23.3 Å². The average molecular weight is 409 g/mol. The molecule has 1 aliphatic rings. The number of methoxy groups -OCH3 is 1. The van der Waals surface area contributed by atoms with Crippen LogP contribution in [-0.2, 0) is 24.2 Å². The summed E-state index contributed by atoms with van der Waals surface area (Å²) in [5.41, 5.74) is 2.00. The number of aryl methyl sites for hydroxylation is 2. The highest BCUT2D eigenvalue weighted by atomic mass is 32.1. The Bertz CT molecular complexity index is 1300. The molecule has 1 aliphatic carbocycles. The summed E-state index contributed by atoms with van der Waals surface area (Å²) < 4.78 is 7.87. The van der Waals surface area contributed by atoms with Crippen molar-refractivity contribution < 1.29 is 9.53 Å². The van der Waals surface area contributed by atoms with Gasteiger partial charge in [-0.25, -0.2) is 18.9 Å². The summed E-state index contributed by atoms with van der Waals surface area (Å²) in [5, 5.41) is 8.22. The zero-order chi connectivity index (χ0) is 20.0. The van der Waals surface area contributed by atoms with Gasteiger partial charge in [-0.3, -0.25) is 4.79 Å². The van der Waals surface area contributed by atoms with Crippen LogP contribution in [0, 0.1) is 0 Å². The van der Waals surface area contributed by atoms with Gasteiger partial charge in [-0.2, -0.15) is 0 Å². The van der Waals surface area contributed by atoms with Gasteiger partial charge in [-0.05, 0) is 43.4 Å². The first-order chi connectivity index (χ1) is 14.2. The lowest BCUT2D eigenvalue weighted by Gasteiger charge is -2.10. The van der Waals surface area contributed by atoms with Crippen molar-refractivity contribution in [1.82, 2.24) is 19.2 Å². The smallest absolute Gasteiger partial charge is 0.352 e. The number of nitrogens with zero attached hydrogens (tertiary/aromatic N) is 4. The standard InChI is InChI=1S/C20H19N5O3S/c1-28-14-8-4-3-7-13(14)22-16(26)10-25-20(27)24-11-21-19-17(18(24)23-25)12-6-2-5-9-15(12)29-19/h3-4,7-8,11H,2,5-6,9-10H2,1H3,(H,22,26). The number of nitrogens with one attached hydrogen (secondary N) is 1. The Balaban J connectivity index is 1.51. The second kappa shape index (κ2) is 7.00. The van der Waals surface area contributed by atoms with Gasteiger partial charge >= 0.3 is 5.69 Å². The lowest BCUT2D eigenvalue weighted by atomic mass is 9.97. The molecule has 1 aromatic carbocycles. The lowest BCUT2D eigenvalue weighted by Crippen LogP contribution is -2.28. The molecule has 0 radical (unpaired) electrons. The molecule has 148 valence electrons. The number of carbonyl (C=O) groups is 1. The van der Waals surface area contributed by atoms with Crippen LogP contribution in [-0.4, -0.2) is 32.2 Å². The number of anilines is 1. The molecule has 9 heteroatoms. The van der Waals surface area contributed by atoms with E-state index >= 15 is 0 Å². The number of fused-ring (bicyclic) bond motifs is 5. The van der Waals surface area contributed by atoms with Gasteiger partial charge in [0.2, 0.25) is 5.91 Å². The molecule has 3 heterocycles. The Kier molecular flexibility index (Phi) is 4.31. The third-order valence-corrected chi connectivity index (χ3v) is 6.41. The summed E-state index contributed by atoms with van der Waals surface area (Å²) in [5.74, 6) is 0.204. The van der Waals surface area contributed by atoms with E-state index in [4.69, 9.17) is 4.74 Å². The van der Waals surface area contributed by atoms with Crippen LogP contribution < -0.4 is 15.7 Å². The molecule has 1 amide bonds. The first-order valence-electron chi connectivity index (χ1n) is 9.47. The molecule has 29 heavy (non-hydrogen) atoms. The molecule has 0 bridgehead atoms. The number of rotatable bonds is 4. The van der Waals surface area contributed by atoms with Crippen LogP contribution in [0.25, 0.3) is 15.9 Å². The summed E-state index contributed by atoms with van der Waals surface area (Å²) in [6, 6.07) is 7.13. The van der Waals surface area contributed by atoms with Crippen molar-refractivity contribution in [1.29, 1.82) is 0 Å². The maximum absolute atomic E-state index is 12.8. The molecule has 5 rings (SSSR count). The molecule has 0 fully saturated rings. The van der Waals surface area contributed by atoms with E-state index < -0.39 is 0 Å². The second-order valence-electron chi connectivity index (χ2n) is 7.02. The van der Waals surface area contributed by atoms with E-state index in [-0.39, 0.29) is 18.1 Å². The number of hydrogen-bond acceptors (Lipinski definition) is 6. The normalized spacial score (nSPS) is 13.6. The van der Waals surface area contributed by atoms with Crippen LogP contribution in [0.2, 0.25) is 0 Å². The number of para-hydroxylation sites is 2. The maximum atomic E-state index is 12.8. The molecule has 0 spiro atoms. The highest BCUT2D eigenvalue weighted by molar-refractivity contribution is 7.19. The fourth-order valence-electron chi connectivity index (χ4n) is 3.85. The number of thiophene rings is 1. The Morgan fingerprint density at radius 2 is 2.10 bits per heavy atom. The van der Waals surface area contributed by atoms with Crippen LogP contribution >= 0.6 is 11.3 Å². The van der Waals surface area contributed by atoms with Gasteiger partial charge < -0.3 is 10.1 Å². The van der Waals surface area contributed by atoms with Gasteiger partial charge in [0.15, 0.2) is 5.65 Å². The van der Waals surface area contributed by atoms with E-state index in [1.807, 2.05) is 6.07 Å². The summed E-state index contributed by atoms with van der Waals surface area (Å²) in [4.78, 5) is 32.0. The molecule has 8 nitrogen and oxygen atoms in total. The zero-order valence-electron chi connectivity index (χ0n) is 15.8. The highest BCUT2D eigenvalue weighted by Crippen LogP contribution is 2.36. The van der Waals surface area contributed by atoms with E-state index in [9.17, 15) is 9.59 Å². The largest absolute Gasteiger partial charge is 0.495 e. The number of benzene rings is 1. The molecular weight excluding hydrogens is 390 g/mol. The van der Waals surface area contributed by atoms with Gasteiger partial charge in [0.05, 0.1) is 18.2 Å². The fourth-order valence-corrected chi connectivity index (χ4v) is 5.08. The SMILES string of the molecule is COc1ccccc1NC(=O)Cn1nc2c3c4c(sc3ncn2c1=O)CCCC4. The molecule has 0 atom stereocenters. The molecule has 0 saturated carbocycles. The predicted octanol–water partition coefficient (Wildman–Crippen LogP) is 2.63. The van der Waals surface area contributed by atoms with Gasteiger partial charge in [-0.1, -0.05) is 12.1 Å². The first kappa shape index (κ1) is 17.9. The minimum atomic E-state index is -0.375. The molecule has 0 unspecified atom stereocenters. The summed E-state index contributed by atoms with van der Waals surface area (Å²) in [6.45, 7) is -0.188. The average Bonchev–Trinajstić information content (AvgIpc) is 3.26. The third kappa shape index (κ3) is 2.98. The lowest BCUT2D eigenvalue weighted by molar-refractivity contribution is -0.117. The number of aromatic nitrogens is 4. The van der Waals surface area contributed by atoms with Gasteiger partial charge in [-0.15, -0.1) is 16.4 Å². The van der Waals surface area contributed by atoms with Crippen molar-refractivity contribution in [3.05, 3.63) is 51.5 Å². The third-order valence-electron chi connectivity index (χ3n) is 5.21. The van der Waals surface area contributed by atoms with E-state index in [0.29, 0.717) is 17.1 Å². The van der Waals surface area contributed by atoms with E-state index in [1.54, 1.807) is 29.5 Å². The van der Waals surface area contributed by atoms with Crippen molar-refractivity contribution in [2.45, 2.75) is 32.2 Å². The van der Waals surface area contributed by atoms with Crippen molar-refractivity contribution in [2.75, 3.05) is 12.4 Å². The van der Waals surface area contributed by atoms with Crippen LogP contribution in [0.15, 0.2) is 35.4 Å². The van der Waals surface area contributed by atoms with Gasteiger partial charge in [0.1, 0.15) is 23.5 Å². The van der Waals surface area contributed by atoms with Gasteiger partial charge in [0.25, 0.3) is 0 Å². The second-order valence-corrected chi connectivity index (χ2v) is 8.10. The molecule has 4 aromatic rings. The fraction of sp³-hybridized carbons (Fsp3) is 0.300. The van der Waals surface area contributed by atoms with E-state index in [2.05, 4.69) is 15.4 Å². The molecule has 0 aliphatic heterocycles. The summed E-state index contributed by atoms with van der Waals surface area (Å²) in [7, 11) is 1.54. The summed E-state index contributed by atoms with van der Waals surface area (Å²) >= 11 is 1.68. The van der Waals surface area contributed by atoms with Crippen LogP contribution in [0.3, 0.4) is 0 Å². The highest BCUT2D eigenvalue weighted by Gasteiger charge is 2.22. The quantitative estimate of drug-likeness (QED) is 0.560. The minimum Gasteiger partial charge on any atom is -0.495 e. The first-order valence-corrected chi connectivity index (χ1v) is 10.3. The Morgan fingerprint density at radius 3 is 2.97 bits per heavy atom. The van der Waals surface area contributed by atoms with Crippen molar-refractivity contribution in [3.8, 4) is 5.75 Å². The summed E-state index contributed by atoms with van der Waals surface area (Å²) in [6.07, 6.45) is 5.84. The Hall–Kier alpha value is -3.20. The van der Waals surface area contributed by atoms with Crippen LogP contribution in [0.4, 0.5) is 5.69 Å². The van der Waals surface area contributed by atoms with Gasteiger partial charge in [0, 0.05) is 4.88 Å². The zero-order valence-corrected chi connectivity index (χ0v) is 16.7. The molecule has 0 saturated heterocycles. The number of amides is 1. The molecular formula is C20H19N5O3S. The van der Waals surface area contributed by atoms with Crippen molar-refractivity contribution in [3.63, 3.8) is 0 Å². The van der Waals surface area contributed by atoms with Crippen molar-refractivity contribution >= 4 is 38.8 Å². The Labute approximate surface area is 169 Å². The monoisotopic (exact) mass is 409 g/mol. The van der Waals surface area contributed by atoms with Crippen LogP contribution in [0.5, 0.6) is 5.75 Å². The number of ether oxygens (including phenoxy) is 1. The minimum absolute atomic E-state index is 0.188. The van der Waals surface area contributed by atoms with Crippen molar-refractivity contribution in [2.24, 2.45) is 0 Å². The molecule has 1 N–H and O–H groups in total. The molecule has 3 aromatic heterocycles. The maximum Gasteiger partial charge on any atom is 0.352 e. The Morgan fingerprint density at radius 1 is 1.28 bits per heavy atom. The van der Waals surface area contributed by atoms with E-state index in [1.165, 1.54) is 39.4 Å². The number of carbonyl (C=O) groups excluding carboxylic acids is 1. The predicted molar refractivity (Wildman–Crippen MR) is 111 cm³/mol. The topological polar surface area (TPSA) is 90.5 Å².